The average Bonchev–Trinajstić information content (AvgIpc) is 2.51. The van der Waals surface area contributed by atoms with E-state index in [-0.39, 0.29) is 5.54 Å². The van der Waals surface area contributed by atoms with Crippen LogP contribution >= 0.6 is 0 Å². The smallest absolute Gasteiger partial charge is 0.0497 e. The Kier molecular flexibility index (Phi) is 7.25. The first-order chi connectivity index (χ1) is 8.53. The van der Waals surface area contributed by atoms with Gasteiger partial charge >= 0.3 is 0 Å². The standard InChI is InChI=1S/C16H33NO/c1-5-11-18-13-15-10-8-6-7-9-14(15)12-17-16(2,3)4/h14-15,17H,5-13H2,1-4H3. The minimum atomic E-state index is 0.237. The van der Waals surface area contributed by atoms with Gasteiger partial charge in [-0.1, -0.05) is 26.2 Å². The van der Waals surface area contributed by atoms with E-state index in [1.54, 1.807) is 0 Å². The van der Waals surface area contributed by atoms with Crippen LogP contribution in [0.4, 0.5) is 0 Å². The highest BCUT2D eigenvalue weighted by molar-refractivity contribution is 4.79. The SMILES string of the molecule is CCCOCC1CCCCCC1CNC(C)(C)C. The van der Waals surface area contributed by atoms with Gasteiger partial charge in [0.2, 0.25) is 0 Å². The fraction of sp³-hybridized carbons (Fsp3) is 1.00. The molecule has 0 aliphatic heterocycles. The van der Waals surface area contributed by atoms with Crippen molar-refractivity contribution in [3.8, 4) is 0 Å². The molecule has 1 N–H and O–H groups in total. The van der Waals surface area contributed by atoms with Crippen LogP contribution in [0.2, 0.25) is 0 Å². The second-order valence-corrected chi connectivity index (χ2v) is 6.86. The normalized spacial score (nSPS) is 26.0. The van der Waals surface area contributed by atoms with Gasteiger partial charge in [-0.25, -0.2) is 0 Å². The molecule has 1 aliphatic carbocycles. The van der Waals surface area contributed by atoms with Gasteiger partial charge in [0.05, 0.1) is 0 Å². The molecule has 1 aliphatic rings. The fourth-order valence-corrected chi connectivity index (χ4v) is 2.77. The van der Waals surface area contributed by atoms with Gasteiger partial charge in [-0.3, -0.25) is 0 Å². The van der Waals surface area contributed by atoms with E-state index in [9.17, 15) is 0 Å². The predicted octanol–water partition coefficient (Wildman–Crippen LogP) is 4.00. The summed E-state index contributed by atoms with van der Waals surface area (Å²) >= 11 is 0. The first-order valence-electron chi connectivity index (χ1n) is 7.85. The van der Waals surface area contributed by atoms with Crippen molar-refractivity contribution < 1.29 is 4.74 Å². The zero-order valence-corrected chi connectivity index (χ0v) is 12.9. The topological polar surface area (TPSA) is 21.3 Å². The molecule has 0 aromatic carbocycles. The van der Waals surface area contributed by atoms with Crippen LogP contribution in [0.3, 0.4) is 0 Å². The molecule has 2 heteroatoms. The highest BCUT2D eigenvalue weighted by Gasteiger charge is 2.25. The zero-order chi connectivity index (χ0) is 13.4. The molecule has 0 radical (unpaired) electrons. The van der Waals surface area contributed by atoms with E-state index in [0.29, 0.717) is 0 Å². The van der Waals surface area contributed by atoms with Crippen molar-refractivity contribution in [2.24, 2.45) is 11.8 Å². The van der Waals surface area contributed by atoms with Crippen LogP contribution in [0.25, 0.3) is 0 Å². The average molecular weight is 255 g/mol. The van der Waals surface area contributed by atoms with Crippen LogP contribution in [-0.2, 0) is 4.74 Å². The van der Waals surface area contributed by atoms with Gasteiger partial charge in [0.1, 0.15) is 0 Å². The minimum Gasteiger partial charge on any atom is -0.381 e. The van der Waals surface area contributed by atoms with Crippen LogP contribution in [0.5, 0.6) is 0 Å². The summed E-state index contributed by atoms with van der Waals surface area (Å²) in [4.78, 5) is 0. The van der Waals surface area contributed by atoms with Gasteiger partial charge in [0, 0.05) is 18.8 Å². The summed E-state index contributed by atoms with van der Waals surface area (Å²) in [7, 11) is 0. The molecule has 0 aromatic rings. The van der Waals surface area contributed by atoms with E-state index in [4.69, 9.17) is 4.74 Å². The number of nitrogens with one attached hydrogen (secondary N) is 1. The van der Waals surface area contributed by atoms with E-state index in [1.807, 2.05) is 0 Å². The van der Waals surface area contributed by atoms with Gasteiger partial charge in [0.15, 0.2) is 0 Å². The van der Waals surface area contributed by atoms with E-state index in [2.05, 4.69) is 33.0 Å². The van der Waals surface area contributed by atoms with Gasteiger partial charge in [0.25, 0.3) is 0 Å². The summed E-state index contributed by atoms with van der Waals surface area (Å²) in [5.41, 5.74) is 0.237. The fourth-order valence-electron chi connectivity index (χ4n) is 2.77. The monoisotopic (exact) mass is 255 g/mol. The lowest BCUT2D eigenvalue weighted by molar-refractivity contribution is 0.0719. The maximum Gasteiger partial charge on any atom is 0.0497 e. The quantitative estimate of drug-likeness (QED) is 0.572. The van der Waals surface area contributed by atoms with Gasteiger partial charge < -0.3 is 10.1 Å². The van der Waals surface area contributed by atoms with Crippen LogP contribution < -0.4 is 5.32 Å². The van der Waals surface area contributed by atoms with Gasteiger partial charge in [-0.05, 0) is 58.4 Å². The highest BCUT2D eigenvalue weighted by atomic mass is 16.5. The van der Waals surface area contributed by atoms with Crippen LogP contribution in [0, 0.1) is 11.8 Å². The Balaban J connectivity index is 2.41. The molecular formula is C16H33NO. The number of ether oxygens (including phenoxy) is 1. The summed E-state index contributed by atoms with van der Waals surface area (Å²) in [5, 5.41) is 3.68. The molecule has 0 amide bonds. The lowest BCUT2D eigenvalue weighted by atomic mass is 9.88. The minimum absolute atomic E-state index is 0.237. The number of hydrogen-bond acceptors (Lipinski definition) is 2. The van der Waals surface area contributed by atoms with Crippen molar-refractivity contribution in [1.82, 2.24) is 5.32 Å². The van der Waals surface area contributed by atoms with Crippen molar-refractivity contribution >= 4 is 0 Å². The summed E-state index contributed by atoms with van der Waals surface area (Å²) in [6.45, 7) is 12.0. The third-order valence-corrected chi connectivity index (χ3v) is 3.89. The lowest BCUT2D eigenvalue weighted by Gasteiger charge is -2.29. The van der Waals surface area contributed by atoms with Crippen LogP contribution in [-0.4, -0.2) is 25.3 Å². The Labute approximate surface area is 114 Å². The molecule has 108 valence electrons. The molecule has 1 saturated carbocycles. The Hall–Kier alpha value is -0.0800. The molecule has 0 saturated heterocycles. The van der Waals surface area contributed by atoms with Crippen molar-refractivity contribution in [2.45, 2.75) is 71.8 Å². The van der Waals surface area contributed by atoms with Crippen molar-refractivity contribution in [3.63, 3.8) is 0 Å². The van der Waals surface area contributed by atoms with Crippen molar-refractivity contribution in [3.05, 3.63) is 0 Å². The third kappa shape index (κ3) is 6.75. The molecular weight excluding hydrogens is 222 g/mol. The van der Waals surface area contributed by atoms with Crippen LogP contribution in [0.1, 0.15) is 66.2 Å². The van der Waals surface area contributed by atoms with E-state index >= 15 is 0 Å². The summed E-state index contributed by atoms with van der Waals surface area (Å²) in [5.74, 6) is 1.58. The summed E-state index contributed by atoms with van der Waals surface area (Å²) in [6.07, 6.45) is 8.09. The maximum atomic E-state index is 5.81. The van der Waals surface area contributed by atoms with Gasteiger partial charge in [-0.2, -0.15) is 0 Å². The highest BCUT2D eigenvalue weighted by Crippen LogP contribution is 2.29. The second-order valence-electron chi connectivity index (χ2n) is 6.86. The molecule has 1 rings (SSSR count). The molecule has 1 fully saturated rings. The maximum absolute atomic E-state index is 5.81. The molecule has 0 bridgehead atoms. The third-order valence-electron chi connectivity index (χ3n) is 3.89. The Morgan fingerprint density at radius 3 is 2.33 bits per heavy atom. The molecule has 2 atom stereocenters. The Morgan fingerprint density at radius 2 is 1.72 bits per heavy atom. The number of hydrogen-bond donors (Lipinski definition) is 1. The van der Waals surface area contributed by atoms with E-state index in [1.165, 1.54) is 32.1 Å². The Morgan fingerprint density at radius 1 is 1.06 bits per heavy atom. The summed E-state index contributed by atoms with van der Waals surface area (Å²) < 4.78 is 5.81. The molecule has 0 spiro atoms. The largest absolute Gasteiger partial charge is 0.381 e. The van der Waals surface area contributed by atoms with Crippen molar-refractivity contribution in [1.29, 1.82) is 0 Å². The zero-order valence-electron chi connectivity index (χ0n) is 12.9. The summed E-state index contributed by atoms with van der Waals surface area (Å²) in [6, 6.07) is 0. The molecule has 2 nitrogen and oxygen atoms in total. The predicted molar refractivity (Wildman–Crippen MR) is 78.9 cm³/mol. The second kappa shape index (κ2) is 8.16. The molecule has 0 heterocycles. The van der Waals surface area contributed by atoms with E-state index < -0.39 is 0 Å². The van der Waals surface area contributed by atoms with E-state index in [0.717, 1.165) is 38.0 Å². The molecule has 2 unspecified atom stereocenters. The molecule has 0 aromatic heterocycles. The first kappa shape index (κ1) is 16.0. The van der Waals surface area contributed by atoms with Crippen molar-refractivity contribution in [2.75, 3.05) is 19.8 Å². The molecule has 18 heavy (non-hydrogen) atoms. The van der Waals surface area contributed by atoms with Gasteiger partial charge in [-0.15, -0.1) is 0 Å². The van der Waals surface area contributed by atoms with Crippen LogP contribution in [0.15, 0.2) is 0 Å². The number of rotatable bonds is 6. The Bertz CT molecular complexity index is 210. The first-order valence-corrected chi connectivity index (χ1v) is 7.85. The lowest BCUT2D eigenvalue weighted by Crippen LogP contribution is -2.41.